The van der Waals surface area contributed by atoms with Crippen molar-refractivity contribution in [3.05, 3.63) is 22.8 Å². The Morgan fingerprint density at radius 3 is 2.73 bits per heavy atom. The Bertz CT molecular complexity index is 552. The van der Waals surface area contributed by atoms with Crippen molar-refractivity contribution in [3.63, 3.8) is 0 Å². The monoisotopic (exact) mass is 302 g/mol. The third-order valence-corrected chi connectivity index (χ3v) is 6.24. The van der Waals surface area contributed by atoms with Gasteiger partial charge in [-0.3, -0.25) is 4.79 Å². The Morgan fingerprint density at radius 1 is 1.32 bits per heavy atom. The molecule has 1 saturated heterocycles. The fraction of sp³-hybridized carbons (Fsp3) is 0.750. The number of fused-ring (bicyclic) bond motifs is 2. The molecular weight excluding hydrogens is 272 g/mol. The number of carbonyl (C=O) groups is 1. The highest BCUT2D eigenvalue weighted by Gasteiger charge is 2.57. The van der Waals surface area contributed by atoms with E-state index in [0.29, 0.717) is 24.2 Å². The van der Waals surface area contributed by atoms with Crippen LogP contribution in [0.2, 0.25) is 0 Å². The van der Waals surface area contributed by atoms with Crippen molar-refractivity contribution in [3.8, 4) is 0 Å². The van der Waals surface area contributed by atoms with E-state index in [1.807, 2.05) is 0 Å². The van der Waals surface area contributed by atoms with Gasteiger partial charge >= 0.3 is 0 Å². The van der Waals surface area contributed by atoms with E-state index in [0.717, 1.165) is 37.7 Å². The molecule has 2 fully saturated rings. The van der Waals surface area contributed by atoms with Crippen LogP contribution in [0.1, 0.15) is 73.1 Å². The summed E-state index contributed by atoms with van der Waals surface area (Å²) in [4.78, 5) is 12.6. The lowest BCUT2D eigenvalue weighted by Crippen LogP contribution is -2.26. The van der Waals surface area contributed by atoms with Gasteiger partial charge in [-0.1, -0.05) is 24.1 Å². The molecule has 0 bridgehead atoms. The van der Waals surface area contributed by atoms with Gasteiger partial charge in [0.2, 0.25) is 0 Å². The number of allylic oxidation sites excluding steroid dienone is 4. The molecule has 1 saturated carbocycles. The Labute approximate surface area is 135 Å². The predicted octanol–water partition coefficient (Wildman–Crippen LogP) is 4.99. The van der Waals surface area contributed by atoms with E-state index in [2.05, 4.69) is 40.7 Å². The number of hydrogen-bond acceptors (Lipinski definition) is 2. The van der Waals surface area contributed by atoms with Crippen molar-refractivity contribution in [2.24, 2.45) is 11.3 Å². The zero-order chi connectivity index (χ0) is 16.1. The summed E-state index contributed by atoms with van der Waals surface area (Å²) in [5, 5.41) is 0. The van der Waals surface area contributed by atoms with Gasteiger partial charge in [-0.05, 0) is 76.7 Å². The molecular formula is C20H30O2. The van der Waals surface area contributed by atoms with Gasteiger partial charge in [0.15, 0.2) is 5.78 Å². The first kappa shape index (κ1) is 16.0. The first-order chi connectivity index (χ1) is 10.3. The smallest absolute Gasteiger partial charge is 0.159 e. The topological polar surface area (TPSA) is 29.6 Å². The van der Waals surface area contributed by atoms with Crippen LogP contribution in [0.4, 0.5) is 0 Å². The molecule has 1 heterocycles. The molecule has 0 radical (unpaired) electrons. The van der Waals surface area contributed by atoms with Gasteiger partial charge in [-0.15, -0.1) is 0 Å². The largest absolute Gasteiger partial charge is 0.366 e. The van der Waals surface area contributed by atoms with E-state index < -0.39 is 0 Å². The van der Waals surface area contributed by atoms with E-state index in [1.54, 1.807) is 0 Å². The van der Waals surface area contributed by atoms with Gasteiger partial charge in [0.05, 0.1) is 11.7 Å². The molecule has 2 nitrogen and oxygen atoms in total. The normalized spacial score (nSPS) is 44.5. The highest BCUT2D eigenvalue weighted by atomic mass is 16.6. The molecule has 1 aliphatic heterocycles. The third kappa shape index (κ3) is 2.71. The highest BCUT2D eigenvalue weighted by Crippen LogP contribution is 2.56. The summed E-state index contributed by atoms with van der Waals surface area (Å²) in [5.74, 6) is 0.786. The fourth-order valence-electron chi connectivity index (χ4n) is 4.73. The third-order valence-electron chi connectivity index (χ3n) is 6.24. The van der Waals surface area contributed by atoms with Crippen molar-refractivity contribution in [1.29, 1.82) is 0 Å². The number of hydrogen-bond donors (Lipinski definition) is 0. The van der Waals surface area contributed by atoms with Crippen molar-refractivity contribution < 1.29 is 9.53 Å². The molecule has 2 heteroatoms. The molecule has 0 unspecified atom stereocenters. The zero-order valence-electron chi connectivity index (χ0n) is 14.8. The average molecular weight is 302 g/mol. The molecule has 2 aliphatic carbocycles. The van der Waals surface area contributed by atoms with Crippen molar-refractivity contribution in [1.82, 2.24) is 0 Å². The van der Waals surface area contributed by atoms with E-state index in [4.69, 9.17) is 4.74 Å². The number of rotatable bonds is 0. The van der Waals surface area contributed by atoms with Crippen LogP contribution in [0.25, 0.3) is 0 Å². The standard InChI is InChI=1S/C20H30O2/c1-13(2)18-15-9-8-14(3)7-6-10-20(5)17(22-20)12-19(15,4)11-16(18)21/h7,15,17H,6,8-12H2,1-5H3/b14-7-/t15-,17-,19-,20-/m0/s1. The van der Waals surface area contributed by atoms with Gasteiger partial charge in [0, 0.05) is 6.42 Å². The molecule has 4 atom stereocenters. The molecule has 22 heavy (non-hydrogen) atoms. The van der Waals surface area contributed by atoms with Gasteiger partial charge in [0.25, 0.3) is 0 Å². The number of carbonyl (C=O) groups excluding carboxylic acids is 1. The number of ketones is 1. The number of epoxide rings is 1. The van der Waals surface area contributed by atoms with Crippen LogP contribution in [0.5, 0.6) is 0 Å². The van der Waals surface area contributed by atoms with Crippen LogP contribution in [0.15, 0.2) is 22.8 Å². The van der Waals surface area contributed by atoms with E-state index in [1.165, 1.54) is 11.1 Å². The second kappa shape index (κ2) is 5.33. The van der Waals surface area contributed by atoms with Crippen LogP contribution in [0.3, 0.4) is 0 Å². The maximum absolute atomic E-state index is 12.6. The second-order valence-corrected chi connectivity index (χ2v) is 8.47. The Kier molecular flexibility index (Phi) is 3.87. The van der Waals surface area contributed by atoms with Crippen molar-refractivity contribution in [2.45, 2.75) is 84.8 Å². The van der Waals surface area contributed by atoms with Gasteiger partial charge < -0.3 is 4.74 Å². The van der Waals surface area contributed by atoms with E-state index in [9.17, 15) is 4.79 Å². The summed E-state index contributed by atoms with van der Waals surface area (Å²) in [6.07, 6.45) is 8.92. The summed E-state index contributed by atoms with van der Waals surface area (Å²) in [7, 11) is 0. The highest BCUT2D eigenvalue weighted by molar-refractivity contribution is 5.99. The molecule has 3 aliphatic rings. The summed E-state index contributed by atoms with van der Waals surface area (Å²) >= 11 is 0. The molecule has 0 aromatic carbocycles. The lowest BCUT2D eigenvalue weighted by molar-refractivity contribution is -0.115. The van der Waals surface area contributed by atoms with Gasteiger partial charge in [-0.2, -0.15) is 0 Å². The Morgan fingerprint density at radius 2 is 2.05 bits per heavy atom. The maximum Gasteiger partial charge on any atom is 0.159 e. The van der Waals surface area contributed by atoms with E-state index >= 15 is 0 Å². The van der Waals surface area contributed by atoms with Crippen LogP contribution >= 0.6 is 0 Å². The molecule has 3 rings (SSSR count). The molecule has 0 amide bonds. The average Bonchev–Trinajstić information content (AvgIpc) is 2.92. The number of Topliss-reactive ketones (excluding diaryl/α,β-unsaturated/α-hetero) is 1. The summed E-state index contributed by atoms with van der Waals surface area (Å²) in [6, 6.07) is 0. The van der Waals surface area contributed by atoms with Crippen LogP contribution in [-0.2, 0) is 9.53 Å². The summed E-state index contributed by atoms with van der Waals surface area (Å²) < 4.78 is 6.06. The van der Waals surface area contributed by atoms with Crippen LogP contribution < -0.4 is 0 Å². The van der Waals surface area contributed by atoms with Crippen molar-refractivity contribution in [2.75, 3.05) is 0 Å². The molecule has 0 spiro atoms. The van der Waals surface area contributed by atoms with Gasteiger partial charge in [-0.25, -0.2) is 0 Å². The molecule has 0 aromatic rings. The quantitative estimate of drug-likeness (QED) is 0.358. The summed E-state index contributed by atoms with van der Waals surface area (Å²) in [5.41, 5.74) is 3.94. The van der Waals surface area contributed by atoms with Gasteiger partial charge in [0.1, 0.15) is 0 Å². The lowest BCUT2D eigenvalue weighted by atomic mass is 9.71. The SMILES string of the molecule is CC(C)=C1C(=O)C[C@@]2(C)C[C@@H]3O[C@@]3(C)CC/C=C(/C)CC[C@@H]12. The van der Waals surface area contributed by atoms with Crippen LogP contribution in [0, 0.1) is 11.3 Å². The molecule has 0 N–H and O–H groups in total. The number of ether oxygens (including phenoxy) is 1. The van der Waals surface area contributed by atoms with Crippen LogP contribution in [-0.4, -0.2) is 17.5 Å². The second-order valence-electron chi connectivity index (χ2n) is 8.47. The first-order valence-electron chi connectivity index (χ1n) is 8.79. The lowest BCUT2D eigenvalue weighted by Gasteiger charge is -2.31. The minimum absolute atomic E-state index is 0.0471. The van der Waals surface area contributed by atoms with E-state index in [-0.39, 0.29) is 11.0 Å². The first-order valence-corrected chi connectivity index (χ1v) is 8.79. The minimum Gasteiger partial charge on any atom is -0.366 e. The fourth-order valence-corrected chi connectivity index (χ4v) is 4.73. The predicted molar refractivity (Wildman–Crippen MR) is 89.7 cm³/mol. The minimum atomic E-state index is 0.0471. The Hall–Kier alpha value is -0.890. The molecule has 0 aromatic heterocycles. The zero-order valence-corrected chi connectivity index (χ0v) is 14.8. The maximum atomic E-state index is 12.6. The summed E-state index contributed by atoms with van der Waals surface area (Å²) in [6.45, 7) is 11.0. The Balaban J connectivity index is 1.95. The molecule has 122 valence electrons. The van der Waals surface area contributed by atoms with Crippen molar-refractivity contribution >= 4 is 5.78 Å².